The van der Waals surface area contributed by atoms with Gasteiger partial charge in [0.05, 0.1) is 23.4 Å². The molecule has 1 saturated carbocycles. The summed E-state index contributed by atoms with van der Waals surface area (Å²) < 4.78 is 39.6. The number of aliphatic hydroxyl groups excluding tert-OH is 1. The van der Waals surface area contributed by atoms with Crippen molar-refractivity contribution in [2.45, 2.75) is 76.4 Å². The first-order chi connectivity index (χ1) is 15.6. The summed E-state index contributed by atoms with van der Waals surface area (Å²) in [5.41, 5.74) is 1.13. The van der Waals surface area contributed by atoms with Gasteiger partial charge in [-0.3, -0.25) is 9.58 Å². The highest BCUT2D eigenvalue weighted by Gasteiger charge is 2.47. The minimum atomic E-state index is -2.60. The zero-order chi connectivity index (χ0) is 23.4. The number of fused-ring (bicyclic) bond motifs is 1. The molecule has 1 N–H and O–H groups in total. The summed E-state index contributed by atoms with van der Waals surface area (Å²) >= 11 is 0. The highest BCUT2D eigenvalue weighted by atomic mass is 19.3. The van der Waals surface area contributed by atoms with Crippen molar-refractivity contribution in [3.63, 3.8) is 0 Å². The van der Waals surface area contributed by atoms with Crippen molar-refractivity contribution in [2.24, 2.45) is 0 Å². The maximum absolute atomic E-state index is 13.3. The second kappa shape index (κ2) is 8.11. The molecule has 1 unspecified atom stereocenters. The third-order valence-electron chi connectivity index (χ3n) is 6.36. The van der Waals surface area contributed by atoms with Gasteiger partial charge in [-0.1, -0.05) is 17.3 Å². The van der Waals surface area contributed by atoms with E-state index in [4.69, 9.17) is 9.26 Å². The van der Waals surface area contributed by atoms with E-state index < -0.39 is 17.9 Å². The van der Waals surface area contributed by atoms with Crippen LogP contribution in [0.15, 0.2) is 28.9 Å². The van der Waals surface area contributed by atoms with E-state index in [9.17, 15) is 13.9 Å². The average molecular weight is 462 g/mol. The molecule has 1 atom stereocenters. The Morgan fingerprint density at radius 2 is 1.94 bits per heavy atom. The minimum absolute atomic E-state index is 0.107. The van der Waals surface area contributed by atoms with Crippen molar-refractivity contribution in [1.82, 2.24) is 24.8 Å². The molecule has 2 aliphatic rings. The lowest BCUT2D eigenvalue weighted by Gasteiger charge is -2.36. The van der Waals surface area contributed by atoms with Gasteiger partial charge >= 0.3 is 0 Å². The molecule has 1 aromatic carbocycles. The van der Waals surface area contributed by atoms with Crippen LogP contribution in [0.2, 0.25) is 0 Å². The lowest BCUT2D eigenvalue weighted by atomic mass is 9.88. The highest BCUT2D eigenvalue weighted by molar-refractivity contribution is 5.83. The Labute approximate surface area is 190 Å². The normalized spacial score (nSPS) is 21.4. The lowest BCUT2D eigenvalue weighted by Crippen LogP contribution is -2.45. The number of alkyl halides is 2. The van der Waals surface area contributed by atoms with Gasteiger partial charge in [-0.15, -0.1) is 0 Å². The van der Waals surface area contributed by atoms with E-state index in [1.165, 1.54) is 0 Å². The zero-order valence-electron chi connectivity index (χ0n) is 19.0. The van der Waals surface area contributed by atoms with Crippen molar-refractivity contribution in [3.05, 3.63) is 30.3 Å². The summed E-state index contributed by atoms with van der Waals surface area (Å²) in [5, 5.41) is 19.7. The molecule has 3 aromatic rings. The second-order valence-electron chi connectivity index (χ2n) is 10.1. The van der Waals surface area contributed by atoms with Gasteiger partial charge < -0.3 is 14.4 Å². The largest absolute Gasteiger partial charge is 0.356 e. The summed E-state index contributed by atoms with van der Waals surface area (Å²) in [6, 6.07) is 5.38. The van der Waals surface area contributed by atoms with Crippen LogP contribution >= 0.6 is 0 Å². The molecular formula is C23H29F2N5O3. The van der Waals surface area contributed by atoms with Crippen LogP contribution in [0.5, 0.6) is 0 Å². The SMILES string of the molecule is CC(C)(C)OC(O)N1CCC(c2nc(-c3ccc4cnn(C5CC(F)(F)C5)c4c3)no2)CC1. The van der Waals surface area contributed by atoms with Gasteiger partial charge in [0.1, 0.15) is 0 Å². The van der Waals surface area contributed by atoms with E-state index in [1.54, 1.807) is 10.9 Å². The first-order valence-electron chi connectivity index (χ1n) is 11.4. The maximum atomic E-state index is 13.3. The summed E-state index contributed by atoms with van der Waals surface area (Å²) in [6.07, 6.45) is 1.93. The minimum Gasteiger partial charge on any atom is -0.356 e. The van der Waals surface area contributed by atoms with Crippen LogP contribution in [0.4, 0.5) is 8.78 Å². The van der Waals surface area contributed by atoms with Crippen molar-refractivity contribution in [1.29, 1.82) is 0 Å². The van der Waals surface area contributed by atoms with Crippen LogP contribution in [0.3, 0.4) is 0 Å². The molecule has 0 spiro atoms. The molecular weight excluding hydrogens is 432 g/mol. The molecule has 0 radical (unpaired) electrons. The number of benzene rings is 1. The molecule has 1 aliphatic carbocycles. The topological polar surface area (TPSA) is 89.4 Å². The van der Waals surface area contributed by atoms with E-state index in [1.807, 2.05) is 43.9 Å². The Morgan fingerprint density at radius 1 is 1.21 bits per heavy atom. The van der Waals surface area contributed by atoms with Crippen LogP contribution in [0, 0.1) is 0 Å². The Morgan fingerprint density at radius 3 is 2.61 bits per heavy atom. The standard InChI is InChI=1S/C23H29F2N5O3/c1-22(2,3)32-21(31)29-8-6-14(7-9-29)20-27-19(28-33-20)15-4-5-16-13-26-30(18(16)10-15)17-11-23(24,25)12-17/h4-5,10,13-14,17,21,31H,6-9,11-12H2,1-3H3. The summed E-state index contributed by atoms with van der Waals surface area (Å²) in [4.78, 5) is 6.52. The number of rotatable bonds is 5. The summed E-state index contributed by atoms with van der Waals surface area (Å²) in [7, 11) is 0. The molecule has 2 aromatic heterocycles. The van der Waals surface area contributed by atoms with Crippen molar-refractivity contribution in [3.8, 4) is 11.4 Å². The number of aliphatic hydroxyl groups is 1. The molecule has 8 nitrogen and oxygen atoms in total. The van der Waals surface area contributed by atoms with E-state index >= 15 is 0 Å². The van der Waals surface area contributed by atoms with Crippen molar-refractivity contribution >= 4 is 10.9 Å². The fourth-order valence-corrected chi connectivity index (χ4v) is 4.55. The van der Waals surface area contributed by atoms with Gasteiger partial charge in [-0.25, -0.2) is 8.78 Å². The first-order valence-corrected chi connectivity index (χ1v) is 11.4. The molecule has 1 aliphatic heterocycles. The monoisotopic (exact) mass is 461 g/mol. The van der Waals surface area contributed by atoms with E-state index in [2.05, 4.69) is 15.2 Å². The Balaban J connectivity index is 1.27. The molecule has 1 saturated heterocycles. The quantitative estimate of drug-likeness (QED) is 0.566. The fourth-order valence-electron chi connectivity index (χ4n) is 4.55. The van der Waals surface area contributed by atoms with Crippen molar-refractivity contribution < 1.29 is 23.1 Å². The lowest BCUT2D eigenvalue weighted by molar-refractivity contribution is -0.242. The van der Waals surface area contributed by atoms with E-state index in [-0.39, 0.29) is 24.8 Å². The number of aromatic nitrogens is 4. The smallest absolute Gasteiger partial charge is 0.252 e. The molecule has 10 heteroatoms. The number of halogens is 2. The third-order valence-corrected chi connectivity index (χ3v) is 6.36. The number of ether oxygens (including phenoxy) is 1. The van der Waals surface area contributed by atoms with Crippen LogP contribution in [0.1, 0.15) is 64.3 Å². The van der Waals surface area contributed by atoms with Gasteiger partial charge in [-0.2, -0.15) is 10.1 Å². The Hall–Kier alpha value is -2.43. The molecule has 5 rings (SSSR count). The van der Waals surface area contributed by atoms with Crippen LogP contribution in [-0.4, -0.2) is 61.0 Å². The Bertz CT molecular complexity index is 1120. The number of likely N-dealkylation sites (tertiary alicyclic amines) is 1. The molecule has 0 bridgehead atoms. The highest BCUT2D eigenvalue weighted by Crippen LogP contribution is 2.46. The fraction of sp³-hybridized carbons (Fsp3) is 0.609. The average Bonchev–Trinajstić information content (AvgIpc) is 3.38. The first kappa shape index (κ1) is 22.4. The van der Waals surface area contributed by atoms with E-state index in [0.29, 0.717) is 24.8 Å². The molecule has 178 valence electrons. The molecule has 2 fully saturated rings. The van der Waals surface area contributed by atoms with Crippen LogP contribution in [0.25, 0.3) is 22.3 Å². The molecule has 33 heavy (non-hydrogen) atoms. The predicted molar refractivity (Wildman–Crippen MR) is 117 cm³/mol. The van der Waals surface area contributed by atoms with Gasteiger partial charge in [0.15, 0.2) is 0 Å². The van der Waals surface area contributed by atoms with Gasteiger partial charge in [-0.05, 0) is 39.7 Å². The third kappa shape index (κ3) is 4.64. The van der Waals surface area contributed by atoms with Gasteiger partial charge in [0.2, 0.25) is 18.1 Å². The van der Waals surface area contributed by atoms with Crippen molar-refractivity contribution in [2.75, 3.05) is 13.1 Å². The van der Waals surface area contributed by atoms with Gasteiger partial charge in [0, 0.05) is 42.8 Å². The zero-order valence-corrected chi connectivity index (χ0v) is 19.0. The number of hydrogen-bond donors (Lipinski definition) is 1. The number of piperidine rings is 1. The molecule has 3 heterocycles. The summed E-state index contributed by atoms with van der Waals surface area (Å²) in [5.74, 6) is -1.45. The second-order valence-corrected chi connectivity index (χ2v) is 10.1. The number of hydrogen-bond acceptors (Lipinski definition) is 7. The van der Waals surface area contributed by atoms with E-state index in [0.717, 1.165) is 29.3 Å². The predicted octanol–water partition coefficient (Wildman–Crippen LogP) is 4.33. The van der Waals surface area contributed by atoms with Crippen LogP contribution in [-0.2, 0) is 4.74 Å². The number of nitrogens with zero attached hydrogens (tertiary/aromatic N) is 5. The Kier molecular flexibility index (Phi) is 5.49. The van der Waals surface area contributed by atoms with Gasteiger partial charge in [0.25, 0.3) is 5.92 Å². The maximum Gasteiger partial charge on any atom is 0.252 e. The molecule has 0 amide bonds. The summed E-state index contributed by atoms with van der Waals surface area (Å²) in [6.45, 7) is 7.06. The van der Waals surface area contributed by atoms with Crippen LogP contribution < -0.4 is 0 Å².